The van der Waals surface area contributed by atoms with Crippen LogP contribution >= 0.6 is 0 Å². The molecule has 0 saturated heterocycles. The normalized spacial score (nSPS) is 52.9. The van der Waals surface area contributed by atoms with Crippen LogP contribution in [0.5, 0.6) is 0 Å². The van der Waals surface area contributed by atoms with Gasteiger partial charge in [0, 0.05) is 5.54 Å². The first kappa shape index (κ1) is 4.80. The highest BCUT2D eigenvalue weighted by Gasteiger charge is 2.51. The van der Waals surface area contributed by atoms with E-state index >= 15 is 0 Å². The average Bonchev–Trinajstić information content (AvgIpc) is 2.39. The zero-order valence-electron chi connectivity index (χ0n) is 5.19. The minimum atomic E-state index is 0.345. The molecule has 2 atom stereocenters. The van der Waals surface area contributed by atoms with Crippen LogP contribution in [0.3, 0.4) is 0 Å². The van der Waals surface area contributed by atoms with Gasteiger partial charge >= 0.3 is 0 Å². The van der Waals surface area contributed by atoms with E-state index in [1.54, 1.807) is 0 Å². The van der Waals surface area contributed by atoms with Crippen molar-refractivity contribution in [3.63, 3.8) is 0 Å². The standard InChI is InChI=1S/C7H13N/c8-7-4-2-1-3-6(7)5-7/h6H,1-5,8H2/t6-,7-/m0/s1. The first-order valence-electron chi connectivity index (χ1n) is 3.60. The van der Waals surface area contributed by atoms with Gasteiger partial charge in [-0.15, -0.1) is 0 Å². The Morgan fingerprint density at radius 2 is 2.25 bits per heavy atom. The summed E-state index contributed by atoms with van der Waals surface area (Å²) in [5, 5.41) is 0. The van der Waals surface area contributed by atoms with Crippen molar-refractivity contribution in [1.29, 1.82) is 0 Å². The molecule has 0 heterocycles. The van der Waals surface area contributed by atoms with Gasteiger partial charge in [0.25, 0.3) is 0 Å². The van der Waals surface area contributed by atoms with E-state index in [4.69, 9.17) is 5.73 Å². The lowest BCUT2D eigenvalue weighted by atomic mass is 9.96. The summed E-state index contributed by atoms with van der Waals surface area (Å²) in [6.07, 6.45) is 6.86. The topological polar surface area (TPSA) is 26.0 Å². The van der Waals surface area contributed by atoms with E-state index in [0.717, 1.165) is 5.92 Å². The van der Waals surface area contributed by atoms with Gasteiger partial charge in [-0.05, 0) is 25.2 Å². The lowest BCUT2D eigenvalue weighted by Gasteiger charge is -2.15. The number of hydrogen-bond donors (Lipinski definition) is 1. The smallest absolute Gasteiger partial charge is 0.0186 e. The number of fused-ring (bicyclic) bond motifs is 1. The Morgan fingerprint density at radius 1 is 1.38 bits per heavy atom. The van der Waals surface area contributed by atoms with Crippen LogP contribution in [0.4, 0.5) is 0 Å². The van der Waals surface area contributed by atoms with Crippen LogP contribution in [0, 0.1) is 5.92 Å². The molecule has 46 valence electrons. The molecule has 2 fully saturated rings. The molecule has 0 spiro atoms. The van der Waals surface area contributed by atoms with Crippen LogP contribution in [0.15, 0.2) is 0 Å². The summed E-state index contributed by atoms with van der Waals surface area (Å²) in [5.74, 6) is 0.927. The Kier molecular flexibility index (Phi) is 0.762. The SMILES string of the molecule is N[C@]12CCCC[C@H]1C2. The third-order valence-electron chi connectivity index (χ3n) is 2.72. The largest absolute Gasteiger partial charge is 0.325 e. The highest BCUT2D eigenvalue weighted by atomic mass is 14.9. The Morgan fingerprint density at radius 3 is 2.75 bits per heavy atom. The molecular formula is C7H13N. The fraction of sp³-hybridized carbons (Fsp3) is 1.00. The molecule has 1 nitrogen and oxygen atoms in total. The fourth-order valence-electron chi connectivity index (χ4n) is 1.94. The van der Waals surface area contributed by atoms with Gasteiger partial charge in [0.05, 0.1) is 0 Å². The molecule has 2 rings (SSSR count). The van der Waals surface area contributed by atoms with Gasteiger partial charge in [-0.1, -0.05) is 12.8 Å². The molecule has 8 heavy (non-hydrogen) atoms. The minimum Gasteiger partial charge on any atom is -0.325 e. The summed E-state index contributed by atoms with van der Waals surface area (Å²) in [6, 6.07) is 0. The molecule has 0 aliphatic heterocycles. The quantitative estimate of drug-likeness (QED) is 0.500. The summed E-state index contributed by atoms with van der Waals surface area (Å²) in [5.41, 5.74) is 6.30. The molecule has 0 aromatic rings. The minimum absolute atomic E-state index is 0.345. The van der Waals surface area contributed by atoms with Crippen molar-refractivity contribution in [1.82, 2.24) is 0 Å². The zero-order chi connectivity index (χ0) is 5.61. The van der Waals surface area contributed by atoms with Crippen LogP contribution in [0.1, 0.15) is 32.1 Å². The van der Waals surface area contributed by atoms with Gasteiger partial charge in [0.15, 0.2) is 0 Å². The van der Waals surface area contributed by atoms with E-state index in [-0.39, 0.29) is 0 Å². The summed E-state index contributed by atoms with van der Waals surface area (Å²) < 4.78 is 0. The van der Waals surface area contributed by atoms with E-state index in [0.29, 0.717) is 5.54 Å². The molecule has 2 saturated carbocycles. The second-order valence-electron chi connectivity index (χ2n) is 3.38. The Bertz CT molecular complexity index is 109. The van der Waals surface area contributed by atoms with Gasteiger partial charge in [0.1, 0.15) is 0 Å². The molecule has 0 amide bonds. The van der Waals surface area contributed by atoms with E-state index in [1.807, 2.05) is 0 Å². The van der Waals surface area contributed by atoms with Gasteiger partial charge < -0.3 is 5.73 Å². The highest BCUT2D eigenvalue weighted by molar-refractivity contribution is 5.09. The van der Waals surface area contributed by atoms with Crippen molar-refractivity contribution < 1.29 is 0 Å². The zero-order valence-corrected chi connectivity index (χ0v) is 5.19. The predicted octanol–water partition coefficient (Wildman–Crippen LogP) is 1.28. The molecule has 0 aromatic heterocycles. The Hall–Kier alpha value is -0.0400. The third kappa shape index (κ3) is 0.510. The van der Waals surface area contributed by atoms with Crippen LogP contribution in [-0.4, -0.2) is 5.54 Å². The number of rotatable bonds is 0. The summed E-state index contributed by atoms with van der Waals surface area (Å²) in [6.45, 7) is 0. The van der Waals surface area contributed by atoms with Crippen molar-refractivity contribution in [2.24, 2.45) is 11.7 Å². The first-order chi connectivity index (χ1) is 3.81. The Labute approximate surface area is 50.3 Å². The lowest BCUT2D eigenvalue weighted by molar-refractivity contribution is 0.428. The van der Waals surface area contributed by atoms with Crippen LogP contribution in [-0.2, 0) is 0 Å². The maximum absolute atomic E-state index is 5.95. The molecule has 2 aliphatic carbocycles. The van der Waals surface area contributed by atoms with Crippen LogP contribution < -0.4 is 5.73 Å². The molecule has 0 bridgehead atoms. The van der Waals surface area contributed by atoms with E-state index < -0.39 is 0 Å². The van der Waals surface area contributed by atoms with Crippen LogP contribution in [0.2, 0.25) is 0 Å². The van der Waals surface area contributed by atoms with E-state index in [2.05, 4.69) is 0 Å². The summed E-state index contributed by atoms with van der Waals surface area (Å²) in [4.78, 5) is 0. The predicted molar refractivity (Wildman–Crippen MR) is 33.5 cm³/mol. The van der Waals surface area contributed by atoms with E-state index in [9.17, 15) is 0 Å². The summed E-state index contributed by atoms with van der Waals surface area (Å²) >= 11 is 0. The average molecular weight is 111 g/mol. The van der Waals surface area contributed by atoms with Gasteiger partial charge in [0.2, 0.25) is 0 Å². The lowest BCUT2D eigenvalue weighted by Crippen LogP contribution is -2.26. The van der Waals surface area contributed by atoms with Crippen molar-refractivity contribution in [3.8, 4) is 0 Å². The first-order valence-corrected chi connectivity index (χ1v) is 3.60. The number of hydrogen-bond acceptors (Lipinski definition) is 1. The molecule has 0 unspecified atom stereocenters. The van der Waals surface area contributed by atoms with Gasteiger partial charge in [-0.25, -0.2) is 0 Å². The van der Waals surface area contributed by atoms with Crippen molar-refractivity contribution >= 4 is 0 Å². The second-order valence-corrected chi connectivity index (χ2v) is 3.38. The molecular weight excluding hydrogens is 98.1 g/mol. The van der Waals surface area contributed by atoms with Crippen LogP contribution in [0.25, 0.3) is 0 Å². The molecule has 1 heteroatoms. The van der Waals surface area contributed by atoms with Crippen molar-refractivity contribution in [2.75, 3.05) is 0 Å². The third-order valence-corrected chi connectivity index (χ3v) is 2.72. The van der Waals surface area contributed by atoms with Crippen molar-refractivity contribution in [2.45, 2.75) is 37.6 Å². The van der Waals surface area contributed by atoms with Gasteiger partial charge in [-0.3, -0.25) is 0 Å². The summed E-state index contributed by atoms with van der Waals surface area (Å²) in [7, 11) is 0. The fourth-order valence-corrected chi connectivity index (χ4v) is 1.94. The van der Waals surface area contributed by atoms with Crippen molar-refractivity contribution in [3.05, 3.63) is 0 Å². The van der Waals surface area contributed by atoms with Gasteiger partial charge in [-0.2, -0.15) is 0 Å². The molecule has 0 radical (unpaired) electrons. The maximum atomic E-state index is 5.95. The van der Waals surface area contributed by atoms with E-state index in [1.165, 1.54) is 32.1 Å². The number of nitrogens with two attached hydrogens (primary N) is 1. The Balaban J connectivity index is 2.04. The molecule has 0 aromatic carbocycles. The highest BCUT2D eigenvalue weighted by Crippen LogP contribution is 2.51. The monoisotopic (exact) mass is 111 g/mol. The molecule has 2 N–H and O–H groups in total. The maximum Gasteiger partial charge on any atom is 0.0186 e. The molecule has 2 aliphatic rings. The second kappa shape index (κ2) is 1.27.